The third-order valence-corrected chi connectivity index (χ3v) is 3.39. The molecule has 1 unspecified atom stereocenters. The van der Waals surface area contributed by atoms with Crippen molar-refractivity contribution in [2.45, 2.75) is 39.2 Å². The molecule has 1 aromatic heterocycles. The largest absolute Gasteiger partial charge is 0.355 e. The van der Waals surface area contributed by atoms with Gasteiger partial charge in [-0.1, -0.05) is 6.92 Å². The second-order valence-electron chi connectivity index (χ2n) is 4.69. The molecule has 1 saturated heterocycles. The molecule has 1 aliphatic rings. The van der Waals surface area contributed by atoms with Crippen LogP contribution in [0.15, 0.2) is 6.07 Å². The highest BCUT2D eigenvalue weighted by molar-refractivity contribution is 5.40. The molecule has 94 valence electrons. The Labute approximate surface area is 103 Å². The number of nitrogens with one attached hydrogen (secondary N) is 1. The maximum absolute atomic E-state index is 4.56. The average Bonchev–Trinajstić information content (AvgIpc) is 2.38. The molecule has 2 heterocycles. The van der Waals surface area contributed by atoms with Crippen LogP contribution in [0.5, 0.6) is 0 Å². The maximum Gasteiger partial charge on any atom is 0.132 e. The third kappa shape index (κ3) is 2.94. The number of likely N-dealkylation sites (N-methyl/N-ethyl adjacent to an activating group) is 1. The van der Waals surface area contributed by atoms with Crippen molar-refractivity contribution in [2.24, 2.45) is 0 Å². The summed E-state index contributed by atoms with van der Waals surface area (Å²) in [7, 11) is 2.04. The van der Waals surface area contributed by atoms with Crippen molar-refractivity contribution < 1.29 is 0 Å². The zero-order valence-corrected chi connectivity index (χ0v) is 11.0. The molecule has 0 aliphatic carbocycles. The van der Waals surface area contributed by atoms with Gasteiger partial charge in [0, 0.05) is 30.9 Å². The fourth-order valence-corrected chi connectivity index (χ4v) is 2.38. The van der Waals surface area contributed by atoms with Crippen LogP contribution in [0.2, 0.25) is 0 Å². The Morgan fingerprint density at radius 2 is 2.29 bits per heavy atom. The molecule has 1 atom stereocenters. The summed E-state index contributed by atoms with van der Waals surface area (Å²) in [5.74, 6) is 1.97. The first-order valence-corrected chi connectivity index (χ1v) is 6.49. The summed E-state index contributed by atoms with van der Waals surface area (Å²) in [5, 5.41) is 3.36. The van der Waals surface area contributed by atoms with Crippen LogP contribution in [-0.2, 0) is 6.42 Å². The van der Waals surface area contributed by atoms with E-state index in [1.165, 1.54) is 12.8 Å². The topological polar surface area (TPSA) is 41.0 Å². The third-order valence-electron chi connectivity index (χ3n) is 3.39. The molecule has 0 bridgehead atoms. The Kier molecular flexibility index (Phi) is 3.94. The van der Waals surface area contributed by atoms with Gasteiger partial charge in [-0.2, -0.15) is 0 Å². The molecule has 1 fully saturated rings. The number of hydrogen-bond acceptors (Lipinski definition) is 4. The fraction of sp³-hybridized carbons (Fsp3) is 0.692. The van der Waals surface area contributed by atoms with Crippen molar-refractivity contribution in [3.63, 3.8) is 0 Å². The summed E-state index contributed by atoms with van der Waals surface area (Å²) >= 11 is 0. The number of anilines is 1. The van der Waals surface area contributed by atoms with Crippen molar-refractivity contribution in [3.8, 4) is 0 Å². The maximum atomic E-state index is 4.56. The molecule has 4 nitrogen and oxygen atoms in total. The van der Waals surface area contributed by atoms with Gasteiger partial charge in [0.1, 0.15) is 11.6 Å². The highest BCUT2D eigenvalue weighted by Gasteiger charge is 2.20. The van der Waals surface area contributed by atoms with Crippen LogP contribution in [0.4, 0.5) is 5.82 Å². The number of piperidine rings is 1. The Bertz CT molecular complexity index is 378. The van der Waals surface area contributed by atoms with Gasteiger partial charge in [-0.25, -0.2) is 9.97 Å². The number of aromatic nitrogens is 2. The number of nitrogens with zero attached hydrogens (tertiary/aromatic N) is 3. The van der Waals surface area contributed by atoms with E-state index in [1.807, 2.05) is 14.0 Å². The molecule has 1 aliphatic heterocycles. The van der Waals surface area contributed by atoms with Crippen LogP contribution in [0.1, 0.15) is 31.3 Å². The van der Waals surface area contributed by atoms with Gasteiger partial charge in [-0.3, -0.25) is 0 Å². The standard InChI is InChI=1S/C13H22N4/c1-4-11-8-13(16-10(2)15-11)17-7-5-6-12(9-17)14-3/h8,12,14H,4-7,9H2,1-3H3. The molecule has 0 saturated carbocycles. The minimum absolute atomic E-state index is 0.587. The van der Waals surface area contributed by atoms with Gasteiger partial charge in [0.2, 0.25) is 0 Å². The smallest absolute Gasteiger partial charge is 0.132 e. The van der Waals surface area contributed by atoms with Crippen LogP contribution in [0.25, 0.3) is 0 Å². The predicted octanol–water partition coefficient (Wildman–Crippen LogP) is 1.54. The summed E-state index contributed by atoms with van der Waals surface area (Å²) in [4.78, 5) is 11.4. The molecule has 4 heteroatoms. The average molecular weight is 234 g/mol. The Morgan fingerprint density at radius 3 is 3.00 bits per heavy atom. The van der Waals surface area contributed by atoms with E-state index in [2.05, 4.69) is 33.2 Å². The van der Waals surface area contributed by atoms with E-state index in [4.69, 9.17) is 0 Å². The second kappa shape index (κ2) is 5.45. The highest BCUT2D eigenvalue weighted by Crippen LogP contribution is 2.18. The Hall–Kier alpha value is -1.16. The molecule has 0 radical (unpaired) electrons. The molecule has 1 N–H and O–H groups in total. The Balaban J connectivity index is 2.18. The first-order valence-electron chi connectivity index (χ1n) is 6.49. The molecule has 2 rings (SSSR count). The summed E-state index contributed by atoms with van der Waals surface area (Å²) in [5.41, 5.74) is 1.14. The van der Waals surface area contributed by atoms with E-state index < -0.39 is 0 Å². The SMILES string of the molecule is CCc1cc(N2CCCC(NC)C2)nc(C)n1. The van der Waals surface area contributed by atoms with Crippen LogP contribution in [0, 0.1) is 6.92 Å². The summed E-state index contributed by atoms with van der Waals surface area (Å²) < 4.78 is 0. The molecular weight excluding hydrogens is 212 g/mol. The molecule has 17 heavy (non-hydrogen) atoms. The van der Waals surface area contributed by atoms with Crippen molar-refractivity contribution >= 4 is 5.82 Å². The normalized spacial score (nSPS) is 20.6. The molecule has 0 spiro atoms. The van der Waals surface area contributed by atoms with Gasteiger partial charge in [0.05, 0.1) is 0 Å². The zero-order chi connectivity index (χ0) is 12.3. The van der Waals surface area contributed by atoms with Gasteiger partial charge in [0.25, 0.3) is 0 Å². The lowest BCUT2D eigenvalue weighted by Gasteiger charge is -2.33. The van der Waals surface area contributed by atoms with E-state index in [0.717, 1.165) is 36.8 Å². The predicted molar refractivity (Wildman–Crippen MR) is 70.4 cm³/mol. The second-order valence-corrected chi connectivity index (χ2v) is 4.69. The van der Waals surface area contributed by atoms with Crippen molar-refractivity contribution in [1.82, 2.24) is 15.3 Å². The van der Waals surface area contributed by atoms with Gasteiger partial charge in [-0.15, -0.1) is 0 Å². The van der Waals surface area contributed by atoms with E-state index >= 15 is 0 Å². The lowest BCUT2D eigenvalue weighted by molar-refractivity contribution is 0.447. The number of rotatable bonds is 3. The van der Waals surface area contributed by atoms with Crippen LogP contribution < -0.4 is 10.2 Å². The van der Waals surface area contributed by atoms with Crippen LogP contribution >= 0.6 is 0 Å². The van der Waals surface area contributed by atoms with E-state index in [0.29, 0.717) is 6.04 Å². The minimum atomic E-state index is 0.587. The highest BCUT2D eigenvalue weighted by atomic mass is 15.2. The van der Waals surface area contributed by atoms with E-state index in [-0.39, 0.29) is 0 Å². The first kappa shape index (κ1) is 12.3. The number of hydrogen-bond donors (Lipinski definition) is 1. The lowest BCUT2D eigenvalue weighted by Crippen LogP contribution is -2.44. The first-order chi connectivity index (χ1) is 8.22. The summed E-state index contributed by atoms with van der Waals surface area (Å²) in [6.07, 6.45) is 3.47. The fourth-order valence-electron chi connectivity index (χ4n) is 2.38. The van der Waals surface area contributed by atoms with Crippen molar-refractivity contribution in [1.29, 1.82) is 0 Å². The van der Waals surface area contributed by atoms with E-state index in [9.17, 15) is 0 Å². The molecule has 0 amide bonds. The summed E-state index contributed by atoms with van der Waals surface area (Å²) in [6, 6.07) is 2.72. The van der Waals surface area contributed by atoms with Gasteiger partial charge in [-0.05, 0) is 33.2 Å². The van der Waals surface area contributed by atoms with Gasteiger partial charge >= 0.3 is 0 Å². The Morgan fingerprint density at radius 1 is 1.47 bits per heavy atom. The van der Waals surface area contributed by atoms with Crippen molar-refractivity contribution in [3.05, 3.63) is 17.6 Å². The number of aryl methyl sites for hydroxylation is 2. The monoisotopic (exact) mass is 234 g/mol. The van der Waals surface area contributed by atoms with Gasteiger partial charge in [0.15, 0.2) is 0 Å². The minimum Gasteiger partial charge on any atom is -0.355 e. The molecular formula is C13H22N4. The zero-order valence-electron chi connectivity index (χ0n) is 11.0. The van der Waals surface area contributed by atoms with Crippen LogP contribution in [0.3, 0.4) is 0 Å². The lowest BCUT2D eigenvalue weighted by atomic mass is 10.1. The van der Waals surface area contributed by atoms with Crippen molar-refractivity contribution in [2.75, 3.05) is 25.0 Å². The quantitative estimate of drug-likeness (QED) is 0.861. The van der Waals surface area contributed by atoms with Crippen LogP contribution in [-0.4, -0.2) is 36.1 Å². The molecule has 0 aromatic carbocycles. The molecule has 1 aromatic rings. The van der Waals surface area contributed by atoms with Gasteiger partial charge < -0.3 is 10.2 Å². The van der Waals surface area contributed by atoms with E-state index in [1.54, 1.807) is 0 Å². The summed E-state index contributed by atoms with van der Waals surface area (Å²) in [6.45, 7) is 6.27.